The number of nitrogens with one attached hydrogen (secondary N) is 1. The molecule has 2 aromatic carbocycles. The molecule has 0 atom stereocenters. The van der Waals surface area contributed by atoms with Crippen molar-refractivity contribution >= 4 is 35.3 Å². The summed E-state index contributed by atoms with van der Waals surface area (Å²) in [6, 6.07) is 7.09. The number of carbonyl (C=O) groups excluding carboxylic acids is 2. The Morgan fingerprint density at radius 1 is 0.944 bits per heavy atom. The first-order chi connectivity index (χ1) is 26.0. The van der Waals surface area contributed by atoms with Crippen molar-refractivity contribution in [1.29, 1.82) is 0 Å². The van der Waals surface area contributed by atoms with E-state index in [0.717, 1.165) is 67.3 Å². The highest BCUT2D eigenvalue weighted by Crippen LogP contribution is 2.43. The van der Waals surface area contributed by atoms with Gasteiger partial charge in [0.15, 0.2) is 0 Å². The topological polar surface area (TPSA) is 99.9 Å². The van der Waals surface area contributed by atoms with Gasteiger partial charge in [0.2, 0.25) is 5.91 Å². The Labute approximate surface area is 321 Å². The van der Waals surface area contributed by atoms with E-state index in [1.54, 1.807) is 32.4 Å². The smallest absolute Gasteiger partial charge is 0.264 e. The Morgan fingerprint density at radius 3 is 2.11 bits per heavy atom. The lowest BCUT2D eigenvalue weighted by atomic mass is 9.97. The van der Waals surface area contributed by atoms with E-state index in [1.165, 1.54) is 55.8 Å². The van der Waals surface area contributed by atoms with Crippen LogP contribution in [0.4, 0.5) is 25.8 Å². The molecule has 0 spiro atoms. The quantitative estimate of drug-likeness (QED) is 0.0479. The monoisotopic (exact) mass is 751 g/mol. The van der Waals surface area contributed by atoms with Crippen LogP contribution in [0, 0.1) is 6.92 Å². The number of aryl methyl sites for hydroxylation is 1. The van der Waals surface area contributed by atoms with Gasteiger partial charge in [-0.25, -0.2) is 8.78 Å². The molecule has 0 fully saturated rings. The molecule has 3 rings (SSSR count). The average molecular weight is 752 g/mol. The van der Waals surface area contributed by atoms with Gasteiger partial charge in [-0.3, -0.25) is 14.3 Å². The highest BCUT2D eigenvalue weighted by molar-refractivity contribution is 5.91. The van der Waals surface area contributed by atoms with Crippen LogP contribution in [0.2, 0.25) is 0 Å². The standard InChI is InChI=1S/C43H63F2N5O4/c1-7-21-50(41-26-35(54-6)25-40(48(4)5)38(41)23-32(2)31-52)39-27-37(43(44)45)36(24-33(39)3)34-28-47-49(29-34)30-42(53)46-20-18-16-14-12-10-8-9-11-13-15-17-19-22-51/h23-29,31,43,51H,7-22,30H2,1-6H3,(H,46,53)/b32-23-. The number of hydrogen-bond acceptors (Lipinski definition) is 7. The van der Waals surface area contributed by atoms with Crippen molar-refractivity contribution in [3.63, 3.8) is 0 Å². The molecular weight excluding hydrogens is 689 g/mol. The number of aromatic nitrogens is 2. The van der Waals surface area contributed by atoms with Crippen LogP contribution in [0.15, 0.2) is 42.2 Å². The van der Waals surface area contributed by atoms with Gasteiger partial charge in [0, 0.05) is 80.2 Å². The van der Waals surface area contributed by atoms with Crippen molar-refractivity contribution in [3.05, 3.63) is 58.9 Å². The summed E-state index contributed by atoms with van der Waals surface area (Å²) >= 11 is 0. The van der Waals surface area contributed by atoms with E-state index < -0.39 is 6.43 Å². The lowest BCUT2D eigenvalue weighted by Crippen LogP contribution is -2.28. The molecule has 0 aliphatic rings. The van der Waals surface area contributed by atoms with Crippen molar-refractivity contribution in [3.8, 4) is 16.9 Å². The summed E-state index contributed by atoms with van der Waals surface area (Å²) in [5.41, 5.74) is 5.03. The first-order valence-electron chi connectivity index (χ1n) is 19.7. The predicted molar refractivity (Wildman–Crippen MR) is 217 cm³/mol. The van der Waals surface area contributed by atoms with Gasteiger partial charge in [0.05, 0.1) is 19.0 Å². The second kappa shape index (κ2) is 23.5. The number of allylic oxidation sites excluding steroid dienone is 1. The number of aliphatic hydroxyl groups excluding tert-OH is 1. The molecule has 0 aliphatic heterocycles. The van der Waals surface area contributed by atoms with Crippen molar-refractivity contribution in [2.24, 2.45) is 0 Å². The second-order valence-electron chi connectivity index (χ2n) is 14.4. The molecule has 0 aliphatic carbocycles. The number of rotatable bonds is 26. The number of ether oxygens (including phenoxy) is 1. The first kappa shape index (κ1) is 44.1. The van der Waals surface area contributed by atoms with Crippen LogP contribution >= 0.6 is 0 Å². The minimum absolute atomic E-state index is 0.00586. The number of anilines is 3. The first-order valence-corrected chi connectivity index (χ1v) is 19.7. The zero-order valence-electron chi connectivity index (χ0n) is 33.4. The Balaban J connectivity index is 1.69. The lowest BCUT2D eigenvalue weighted by Gasteiger charge is -2.31. The maximum Gasteiger partial charge on any atom is 0.264 e. The number of amides is 1. The number of nitrogens with zero attached hydrogens (tertiary/aromatic N) is 4. The Bertz CT molecular complexity index is 1640. The molecule has 0 saturated heterocycles. The number of unbranched alkanes of at least 4 members (excludes halogenated alkanes) is 11. The third kappa shape index (κ3) is 13.6. The highest BCUT2D eigenvalue weighted by atomic mass is 19.3. The number of methoxy groups -OCH3 is 1. The number of hydrogen-bond donors (Lipinski definition) is 2. The van der Waals surface area contributed by atoms with Gasteiger partial charge in [-0.2, -0.15) is 5.10 Å². The molecule has 54 heavy (non-hydrogen) atoms. The molecule has 1 aromatic heterocycles. The lowest BCUT2D eigenvalue weighted by molar-refractivity contribution is -0.121. The molecule has 1 heterocycles. The summed E-state index contributed by atoms with van der Waals surface area (Å²) in [7, 11) is 5.40. The second-order valence-corrected chi connectivity index (χ2v) is 14.4. The molecule has 0 unspecified atom stereocenters. The van der Waals surface area contributed by atoms with Gasteiger partial charge in [0.1, 0.15) is 18.6 Å². The average Bonchev–Trinajstić information content (AvgIpc) is 3.61. The van der Waals surface area contributed by atoms with Crippen molar-refractivity contribution < 1.29 is 28.2 Å². The minimum Gasteiger partial charge on any atom is -0.497 e. The molecule has 0 saturated carbocycles. The molecule has 1 amide bonds. The normalized spacial score (nSPS) is 11.6. The van der Waals surface area contributed by atoms with Gasteiger partial charge in [0.25, 0.3) is 6.43 Å². The fourth-order valence-electron chi connectivity index (χ4n) is 6.77. The summed E-state index contributed by atoms with van der Waals surface area (Å²) < 4.78 is 36.9. The van der Waals surface area contributed by atoms with Crippen molar-refractivity contribution in [2.45, 2.75) is 117 Å². The van der Waals surface area contributed by atoms with Crippen molar-refractivity contribution in [2.75, 3.05) is 50.7 Å². The highest BCUT2D eigenvalue weighted by Gasteiger charge is 2.24. The number of carbonyl (C=O) groups is 2. The maximum atomic E-state index is 14.9. The summed E-state index contributed by atoms with van der Waals surface area (Å²) in [6.07, 6.45) is 17.7. The van der Waals surface area contributed by atoms with E-state index in [1.807, 2.05) is 56.0 Å². The third-order valence-corrected chi connectivity index (χ3v) is 9.67. The number of aliphatic hydroxyl groups is 1. The molecular formula is C43H63F2N5O4. The summed E-state index contributed by atoms with van der Waals surface area (Å²) in [5.74, 6) is 0.444. The number of alkyl halides is 2. The Hall–Kier alpha value is -4.25. The van der Waals surface area contributed by atoms with E-state index in [9.17, 15) is 18.4 Å². The van der Waals surface area contributed by atoms with Gasteiger partial charge in [-0.1, -0.05) is 71.1 Å². The van der Waals surface area contributed by atoms with Gasteiger partial charge in [-0.05, 0) is 68.0 Å². The predicted octanol–water partition coefficient (Wildman–Crippen LogP) is 9.81. The van der Waals surface area contributed by atoms with Crippen LogP contribution in [0.1, 0.15) is 120 Å². The van der Waals surface area contributed by atoms with Gasteiger partial charge < -0.3 is 25.0 Å². The Kier molecular flexibility index (Phi) is 19.2. The maximum absolute atomic E-state index is 14.9. The van der Waals surface area contributed by atoms with Crippen molar-refractivity contribution in [1.82, 2.24) is 15.1 Å². The third-order valence-electron chi connectivity index (χ3n) is 9.67. The molecule has 0 radical (unpaired) electrons. The summed E-state index contributed by atoms with van der Waals surface area (Å²) in [6.45, 7) is 7.10. The fraction of sp³-hybridized carbons (Fsp3) is 0.558. The van der Waals surface area contributed by atoms with Crippen LogP contribution in [0.25, 0.3) is 17.2 Å². The zero-order chi connectivity index (χ0) is 39.5. The summed E-state index contributed by atoms with van der Waals surface area (Å²) in [5, 5.41) is 16.2. The van der Waals surface area contributed by atoms with Crippen LogP contribution in [-0.4, -0.2) is 68.0 Å². The number of benzene rings is 2. The van der Waals surface area contributed by atoms with E-state index >= 15 is 0 Å². The van der Waals surface area contributed by atoms with E-state index in [4.69, 9.17) is 9.84 Å². The largest absolute Gasteiger partial charge is 0.497 e. The molecule has 298 valence electrons. The van der Waals surface area contributed by atoms with Crippen LogP contribution in [0.3, 0.4) is 0 Å². The number of halogens is 2. The molecule has 0 bridgehead atoms. The molecule has 9 nitrogen and oxygen atoms in total. The van der Waals surface area contributed by atoms with E-state index in [2.05, 4.69) is 10.4 Å². The van der Waals surface area contributed by atoms with E-state index in [-0.39, 0.29) is 18.0 Å². The fourth-order valence-corrected chi connectivity index (χ4v) is 6.77. The zero-order valence-corrected chi connectivity index (χ0v) is 33.4. The Morgan fingerprint density at radius 2 is 1.56 bits per heavy atom. The molecule has 11 heteroatoms. The van der Waals surface area contributed by atoms with Gasteiger partial charge in [-0.15, -0.1) is 0 Å². The molecule has 3 aromatic rings. The minimum atomic E-state index is -2.76. The van der Waals surface area contributed by atoms with Crippen LogP contribution in [0.5, 0.6) is 5.75 Å². The van der Waals surface area contributed by atoms with Crippen LogP contribution < -0.4 is 19.9 Å². The van der Waals surface area contributed by atoms with Crippen LogP contribution in [-0.2, 0) is 16.1 Å². The van der Waals surface area contributed by atoms with Gasteiger partial charge >= 0.3 is 0 Å². The summed E-state index contributed by atoms with van der Waals surface area (Å²) in [4.78, 5) is 28.4. The molecule has 2 N–H and O–H groups in total. The van der Waals surface area contributed by atoms with E-state index in [0.29, 0.717) is 47.8 Å². The number of aldehydes is 1. The SMILES string of the molecule is CCCN(c1cc(C(F)F)c(-c2cnn(CC(=O)NCCCCCCCCCCCCCCO)c2)cc1C)c1cc(OC)cc(N(C)C)c1/C=C(/C)C=O.